The molecule has 112 valence electrons. The van der Waals surface area contributed by atoms with Crippen molar-refractivity contribution in [2.75, 3.05) is 6.54 Å². The van der Waals surface area contributed by atoms with E-state index in [9.17, 15) is 14.7 Å². The lowest BCUT2D eigenvalue weighted by Crippen LogP contribution is -2.49. The number of carbonyl (C=O) groups is 2. The number of thiophene rings is 2. The van der Waals surface area contributed by atoms with Crippen LogP contribution in [0.25, 0.3) is 9.40 Å². The van der Waals surface area contributed by atoms with E-state index >= 15 is 0 Å². The maximum absolute atomic E-state index is 12.7. The molecule has 0 aromatic carbocycles. The summed E-state index contributed by atoms with van der Waals surface area (Å²) >= 11 is 3.06. The van der Waals surface area contributed by atoms with Crippen molar-refractivity contribution < 1.29 is 14.7 Å². The SMILES string of the molecule is CCC1CCN(C(=O)c2cc3sccc3s2)C(C(=O)O)C1. The molecular formula is C15H17NO3S2. The van der Waals surface area contributed by atoms with Gasteiger partial charge in [0.1, 0.15) is 6.04 Å². The van der Waals surface area contributed by atoms with Gasteiger partial charge in [0.2, 0.25) is 0 Å². The van der Waals surface area contributed by atoms with Crippen LogP contribution in [0.1, 0.15) is 35.9 Å². The Morgan fingerprint density at radius 2 is 2.24 bits per heavy atom. The van der Waals surface area contributed by atoms with Crippen molar-refractivity contribution in [3.05, 3.63) is 22.4 Å². The van der Waals surface area contributed by atoms with Gasteiger partial charge in [-0.1, -0.05) is 13.3 Å². The van der Waals surface area contributed by atoms with Gasteiger partial charge in [0.05, 0.1) is 4.88 Å². The minimum Gasteiger partial charge on any atom is -0.480 e. The molecule has 0 saturated carbocycles. The summed E-state index contributed by atoms with van der Waals surface area (Å²) in [7, 11) is 0. The molecule has 4 nitrogen and oxygen atoms in total. The fourth-order valence-electron chi connectivity index (χ4n) is 2.90. The van der Waals surface area contributed by atoms with Gasteiger partial charge in [-0.25, -0.2) is 4.79 Å². The molecule has 1 amide bonds. The second kappa shape index (κ2) is 5.77. The number of carboxylic acids is 1. The topological polar surface area (TPSA) is 57.6 Å². The van der Waals surface area contributed by atoms with Crippen LogP contribution in [0.5, 0.6) is 0 Å². The van der Waals surface area contributed by atoms with Gasteiger partial charge in [-0.15, -0.1) is 22.7 Å². The first-order chi connectivity index (χ1) is 10.1. The first-order valence-electron chi connectivity index (χ1n) is 7.11. The van der Waals surface area contributed by atoms with Gasteiger partial charge >= 0.3 is 5.97 Å². The molecule has 21 heavy (non-hydrogen) atoms. The number of hydrogen-bond donors (Lipinski definition) is 1. The van der Waals surface area contributed by atoms with E-state index in [2.05, 4.69) is 6.92 Å². The second-order valence-electron chi connectivity index (χ2n) is 5.41. The van der Waals surface area contributed by atoms with E-state index in [1.807, 2.05) is 17.5 Å². The van der Waals surface area contributed by atoms with E-state index < -0.39 is 12.0 Å². The summed E-state index contributed by atoms with van der Waals surface area (Å²) in [6, 6.07) is 3.20. The Balaban J connectivity index is 1.85. The van der Waals surface area contributed by atoms with E-state index in [1.165, 1.54) is 11.3 Å². The fraction of sp³-hybridized carbons (Fsp3) is 0.467. The first kappa shape index (κ1) is 14.5. The summed E-state index contributed by atoms with van der Waals surface area (Å²) in [5.41, 5.74) is 0. The maximum Gasteiger partial charge on any atom is 0.326 e. The first-order valence-corrected chi connectivity index (χ1v) is 8.80. The molecule has 0 radical (unpaired) electrons. The van der Waals surface area contributed by atoms with Crippen molar-refractivity contribution >= 4 is 43.9 Å². The van der Waals surface area contributed by atoms with Gasteiger partial charge in [0.25, 0.3) is 5.91 Å². The third kappa shape index (κ3) is 2.70. The highest BCUT2D eigenvalue weighted by Gasteiger charge is 2.36. The zero-order valence-electron chi connectivity index (χ0n) is 11.7. The van der Waals surface area contributed by atoms with Gasteiger partial charge in [-0.2, -0.15) is 0 Å². The number of hydrogen-bond acceptors (Lipinski definition) is 4. The molecule has 1 fully saturated rings. The maximum atomic E-state index is 12.7. The van der Waals surface area contributed by atoms with E-state index in [0.717, 1.165) is 22.2 Å². The summed E-state index contributed by atoms with van der Waals surface area (Å²) in [5.74, 6) is -0.618. The standard InChI is InChI=1S/C15H17NO3S2/c1-2-9-3-5-16(10(7-9)15(18)19)14(17)13-8-12-11(21-13)4-6-20-12/h4,6,8-10H,2-3,5,7H2,1H3,(H,18,19). The normalized spacial score (nSPS) is 22.6. The molecule has 2 unspecified atom stereocenters. The summed E-state index contributed by atoms with van der Waals surface area (Å²) in [6.45, 7) is 2.62. The van der Waals surface area contributed by atoms with Crippen LogP contribution in [-0.4, -0.2) is 34.5 Å². The molecule has 3 rings (SSSR count). The summed E-state index contributed by atoms with van der Waals surface area (Å²) in [6.07, 6.45) is 2.43. The number of carbonyl (C=O) groups excluding carboxylic acids is 1. The Kier molecular flexibility index (Phi) is 3.99. The van der Waals surface area contributed by atoms with Gasteiger partial charge in [-0.3, -0.25) is 4.79 Å². The molecule has 3 heterocycles. The molecule has 0 aliphatic carbocycles. The summed E-state index contributed by atoms with van der Waals surface area (Å²) in [5, 5.41) is 11.4. The number of nitrogens with zero attached hydrogens (tertiary/aromatic N) is 1. The van der Waals surface area contributed by atoms with Gasteiger partial charge in [0, 0.05) is 15.9 Å². The van der Waals surface area contributed by atoms with Crippen LogP contribution in [-0.2, 0) is 4.79 Å². The molecule has 2 atom stereocenters. The zero-order valence-corrected chi connectivity index (χ0v) is 13.4. The Morgan fingerprint density at radius 3 is 2.90 bits per heavy atom. The zero-order chi connectivity index (χ0) is 15.0. The summed E-state index contributed by atoms with van der Waals surface area (Å²) in [4.78, 5) is 26.3. The average Bonchev–Trinajstić information content (AvgIpc) is 3.07. The quantitative estimate of drug-likeness (QED) is 0.937. The van der Waals surface area contributed by atoms with E-state index in [1.54, 1.807) is 16.2 Å². The molecule has 1 N–H and O–H groups in total. The van der Waals surface area contributed by atoms with Gasteiger partial charge in [0.15, 0.2) is 0 Å². The average molecular weight is 323 g/mol. The third-order valence-corrected chi connectivity index (χ3v) is 6.27. The number of fused-ring (bicyclic) bond motifs is 1. The number of aliphatic carboxylic acids is 1. The van der Waals surface area contributed by atoms with E-state index in [0.29, 0.717) is 23.8 Å². The molecule has 1 saturated heterocycles. The number of rotatable bonds is 3. The van der Waals surface area contributed by atoms with Crippen molar-refractivity contribution in [1.29, 1.82) is 0 Å². The highest BCUT2D eigenvalue weighted by atomic mass is 32.1. The lowest BCUT2D eigenvalue weighted by Gasteiger charge is -2.36. The number of carboxylic acid groups (broad SMARTS) is 1. The van der Waals surface area contributed by atoms with Crippen molar-refractivity contribution in [2.24, 2.45) is 5.92 Å². The van der Waals surface area contributed by atoms with Gasteiger partial charge in [-0.05, 0) is 36.3 Å². The van der Waals surface area contributed by atoms with E-state index in [-0.39, 0.29) is 5.91 Å². The molecule has 0 spiro atoms. The van der Waals surface area contributed by atoms with Crippen LogP contribution in [0.3, 0.4) is 0 Å². The van der Waals surface area contributed by atoms with E-state index in [4.69, 9.17) is 0 Å². The Bertz CT molecular complexity index is 647. The van der Waals surface area contributed by atoms with Crippen LogP contribution in [0.15, 0.2) is 17.5 Å². The van der Waals surface area contributed by atoms with Crippen molar-refractivity contribution in [3.8, 4) is 0 Å². The number of likely N-dealkylation sites (tertiary alicyclic amines) is 1. The van der Waals surface area contributed by atoms with Crippen LogP contribution in [0.2, 0.25) is 0 Å². The minimum absolute atomic E-state index is 0.134. The Morgan fingerprint density at radius 1 is 1.43 bits per heavy atom. The Labute approximate surface area is 131 Å². The van der Waals surface area contributed by atoms with Crippen LogP contribution < -0.4 is 0 Å². The monoisotopic (exact) mass is 323 g/mol. The lowest BCUT2D eigenvalue weighted by molar-refractivity contribution is -0.144. The summed E-state index contributed by atoms with van der Waals surface area (Å²) < 4.78 is 2.19. The number of piperidine rings is 1. The second-order valence-corrected chi connectivity index (χ2v) is 7.44. The molecule has 1 aliphatic rings. The van der Waals surface area contributed by atoms with Crippen LogP contribution in [0.4, 0.5) is 0 Å². The fourth-order valence-corrected chi connectivity index (χ4v) is 4.96. The minimum atomic E-state index is -0.889. The number of amides is 1. The predicted octanol–water partition coefficient (Wildman–Crippen LogP) is 3.68. The molecule has 6 heteroatoms. The largest absolute Gasteiger partial charge is 0.480 e. The van der Waals surface area contributed by atoms with Gasteiger partial charge < -0.3 is 10.0 Å². The lowest BCUT2D eigenvalue weighted by atomic mass is 9.89. The van der Waals surface area contributed by atoms with Crippen molar-refractivity contribution in [2.45, 2.75) is 32.2 Å². The third-order valence-electron chi connectivity index (χ3n) is 4.18. The molecule has 0 bridgehead atoms. The predicted molar refractivity (Wildman–Crippen MR) is 85.2 cm³/mol. The highest BCUT2D eigenvalue weighted by Crippen LogP contribution is 2.33. The smallest absolute Gasteiger partial charge is 0.326 e. The Hall–Kier alpha value is -1.40. The molecule has 2 aromatic rings. The van der Waals surface area contributed by atoms with Crippen molar-refractivity contribution in [1.82, 2.24) is 4.90 Å². The van der Waals surface area contributed by atoms with Crippen LogP contribution >= 0.6 is 22.7 Å². The molecule has 1 aliphatic heterocycles. The van der Waals surface area contributed by atoms with Crippen molar-refractivity contribution in [3.63, 3.8) is 0 Å². The highest BCUT2D eigenvalue weighted by molar-refractivity contribution is 7.27. The van der Waals surface area contributed by atoms with Crippen LogP contribution in [0, 0.1) is 5.92 Å². The molecular weight excluding hydrogens is 306 g/mol. The molecule has 2 aromatic heterocycles.